The first-order valence-electron chi connectivity index (χ1n) is 10.7. The van der Waals surface area contributed by atoms with E-state index in [4.69, 9.17) is 9.47 Å². The van der Waals surface area contributed by atoms with Gasteiger partial charge in [-0.05, 0) is 24.5 Å². The van der Waals surface area contributed by atoms with Gasteiger partial charge < -0.3 is 19.7 Å². The standard InChI is InChI=1S/C23H36O6/c1-4-5-6-7-8-9-10-11-12-13-19(29-17(2)24)14-18-15-20(28-3)16-21(25)22(18)23(26)27/h15-16,19,25H,4-14H2,1-3H3,(H,26,27)/t19-/m1/s1. The third kappa shape index (κ3) is 9.68. The van der Waals surface area contributed by atoms with Crippen LogP contribution in [0.25, 0.3) is 0 Å². The van der Waals surface area contributed by atoms with E-state index < -0.39 is 18.0 Å². The molecule has 0 saturated heterocycles. The molecule has 6 heteroatoms. The van der Waals surface area contributed by atoms with E-state index in [1.807, 2.05) is 0 Å². The van der Waals surface area contributed by atoms with E-state index in [1.165, 1.54) is 58.6 Å². The van der Waals surface area contributed by atoms with Gasteiger partial charge in [-0.1, -0.05) is 58.3 Å². The highest BCUT2D eigenvalue weighted by atomic mass is 16.5. The normalized spacial score (nSPS) is 11.8. The predicted molar refractivity (Wildman–Crippen MR) is 113 cm³/mol. The van der Waals surface area contributed by atoms with Crippen molar-refractivity contribution in [1.82, 2.24) is 0 Å². The Bertz CT molecular complexity index is 641. The van der Waals surface area contributed by atoms with Gasteiger partial charge in [0.2, 0.25) is 0 Å². The maximum Gasteiger partial charge on any atom is 0.339 e. The SMILES string of the molecule is CCCCCCCCCCC[C@H](Cc1cc(OC)cc(O)c1C(=O)O)OC(C)=O. The molecule has 0 heterocycles. The first-order valence-corrected chi connectivity index (χ1v) is 10.7. The average molecular weight is 409 g/mol. The third-order valence-electron chi connectivity index (χ3n) is 5.03. The number of unbranched alkanes of at least 4 members (excludes halogenated alkanes) is 8. The zero-order chi connectivity index (χ0) is 21.6. The highest BCUT2D eigenvalue weighted by Crippen LogP contribution is 2.30. The fourth-order valence-corrected chi connectivity index (χ4v) is 3.55. The predicted octanol–water partition coefficient (Wildman–Crippen LogP) is 5.49. The second-order valence-electron chi connectivity index (χ2n) is 7.54. The Hall–Kier alpha value is -2.24. The van der Waals surface area contributed by atoms with Crippen LogP contribution in [0.3, 0.4) is 0 Å². The number of carboxylic acids is 1. The number of hydrogen-bond acceptors (Lipinski definition) is 5. The fraction of sp³-hybridized carbons (Fsp3) is 0.652. The first-order chi connectivity index (χ1) is 13.9. The summed E-state index contributed by atoms with van der Waals surface area (Å²) in [6, 6.07) is 2.85. The first kappa shape index (κ1) is 24.8. The molecule has 2 N–H and O–H groups in total. The van der Waals surface area contributed by atoms with Gasteiger partial charge in [0.1, 0.15) is 23.2 Å². The van der Waals surface area contributed by atoms with Gasteiger partial charge in [0, 0.05) is 19.4 Å². The molecule has 1 aromatic carbocycles. The number of aromatic carboxylic acids is 1. The molecule has 1 rings (SSSR count). The highest BCUT2D eigenvalue weighted by molar-refractivity contribution is 5.93. The van der Waals surface area contributed by atoms with E-state index in [0.29, 0.717) is 17.7 Å². The van der Waals surface area contributed by atoms with Crippen LogP contribution in [0.15, 0.2) is 12.1 Å². The summed E-state index contributed by atoms with van der Waals surface area (Å²) in [5.74, 6) is -1.59. The number of carbonyl (C=O) groups is 2. The van der Waals surface area contributed by atoms with Crippen LogP contribution in [-0.2, 0) is 16.0 Å². The number of hydrogen-bond donors (Lipinski definition) is 2. The molecule has 0 radical (unpaired) electrons. The van der Waals surface area contributed by atoms with Crippen LogP contribution in [0, 0.1) is 0 Å². The lowest BCUT2D eigenvalue weighted by atomic mass is 9.97. The molecule has 6 nitrogen and oxygen atoms in total. The van der Waals surface area contributed by atoms with Crippen LogP contribution in [-0.4, -0.2) is 35.4 Å². The molecular weight excluding hydrogens is 372 g/mol. The van der Waals surface area contributed by atoms with E-state index in [9.17, 15) is 19.8 Å². The van der Waals surface area contributed by atoms with Crippen molar-refractivity contribution in [2.75, 3.05) is 7.11 Å². The Labute approximate surface area is 174 Å². The maximum absolute atomic E-state index is 11.6. The fourth-order valence-electron chi connectivity index (χ4n) is 3.55. The summed E-state index contributed by atoms with van der Waals surface area (Å²) in [5.41, 5.74) is 0.228. The van der Waals surface area contributed by atoms with Crippen molar-refractivity contribution in [2.45, 2.75) is 90.6 Å². The van der Waals surface area contributed by atoms with Crippen LogP contribution >= 0.6 is 0 Å². The van der Waals surface area contributed by atoms with Gasteiger partial charge in [-0.15, -0.1) is 0 Å². The molecular formula is C23H36O6. The van der Waals surface area contributed by atoms with Crippen LogP contribution in [0.1, 0.15) is 94.0 Å². The minimum atomic E-state index is -1.22. The summed E-state index contributed by atoms with van der Waals surface area (Å²) in [5, 5.41) is 19.5. The second kappa shape index (κ2) is 13.9. The maximum atomic E-state index is 11.6. The molecule has 29 heavy (non-hydrogen) atoms. The number of phenols is 1. The summed E-state index contributed by atoms with van der Waals surface area (Å²) < 4.78 is 10.6. The molecule has 0 bridgehead atoms. The number of esters is 1. The lowest BCUT2D eigenvalue weighted by Crippen LogP contribution is -2.20. The largest absolute Gasteiger partial charge is 0.507 e. The van der Waals surface area contributed by atoms with Gasteiger partial charge in [0.25, 0.3) is 0 Å². The topological polar surface area (TPSA) is 93.1 Å². The molecule has 0 aliphatic rings. The number of carboxylic acid groups (broad SMARTS) is 1. The zero-order valence-electron chi connectivity index (χ0n) is 18.0. The van der Waals surface area contributed by atoms with Crippen molar-refractivity contribution in [1.29, 1.82) is 0 Å². The van der Waals surface area contributed by atoms with Crippen LogP contribution in [0.2, 0.25) is 0 Å². The quantitative estimate of drug-likeness (QED) is 0.294. The summed E-state index contributed by atoms with van der Waals surface area (Å²) >= 11 is 0. The molecule has 0 aliphatic heterocycles. The van der Waals surface area contributed by atoms with E-state index in [-0.39, 0.29) is 17.7 Å². The number of aromatic hydroxyl groups is 1. The monoisotopic (exact) mass is 408 g/mol. The Morgan fingerprint density at radius 1 is 1.00 bits per heavy atom. The Balaban J connectivity index is 2.62. The minimum absolute atomic E-state index is 0.171. The average Bonchev–Trinajstić information content (AvgIpc) is 2.65. The third-order valence-corrected chi connectivity index (χ3v) is 5.03. The van der Waals surface area contributed by atoms with Crippen molar-refractivity contribution in [3.8, 4) is 11.5 Å². The number of methoxy groups -OCH3 is 1. The molecule has 0 spiro atoms. The van der Waals surface area contributed by atoms with Gasteiger partial charge in [-0.3, -0.25) is 4.79 Å². The minimum Gasteiger partial charge on any atom is -0.507 e. The molecule has 1 atom stereocenters. The van der Waals surface area contributed by atoms with Gasteiger partial charge in [-0.2, -0.15) is 0 Å². The molecule has 0 fully saturated rings. The summed E-state index contributed by atoms with van der Waals surface area (Å²) in [6.45, 7) is 3.57. The van der Waals surface area contributed by atoms with E-state index in [0.717, 1.165) is 19.3 Å². The lowest BCUT2D eigenvalue weighted by Gasteiger charge is -2.19. The molecule has 1 aromatic rings. The molecule has 0 unspecified atom stereocenters. The van der Waals surface area contributed by atoms with Gasteiger partial charge in [-0.25, -0.2) is 4.79 Å². The van der Waals surface area contributed by atoms with E-state index >= 15 is 0 Å². The van der Waals surface area contributed by atoms with Crippen molar-refractivity contribution < 1.29 is 29.3 Å². The summed E-state index contributed by atoms with van der Waals surface area (Å²) in [7, 11) is 1.45. The van der Waals surface area contributed by atoms with Crippen LogP contribution in [0.5, 0.6) is 11.5 Å². The molecule has 0 amide bonds. The zero-order valence-corrected chi connectivity index (χ0v) is 18.0. The van der Waals surface area contributed by atoms with E-state index in [1.54, 1.807) is 6.07 Å². The number of rotatable bonds is 15. The molecule has 164 valence electrons. The van der Waals surface area contributed by atoms with Crippen molar-refractivity contribution in [2.24, 2.45) is 0 Å². The summed E-state index contributed by atoms with van der Waals surface area (Å²) in [6.07, 6.45) is 11.2. The number of ether oxygens (including phenoxy) is 2. The van der Waals surface area contributed by atoms with Gasteiger partial charge >= 0.3 is 11.9 Å². The van der Waals surface area contributed by atoms with Crippen molar-refractivity contribution >= 4 is 11.9 Å². The number of benzene rings is 1. The smallest absolute Gasteiger partial charge is 0.339 e. The Morgan fingerprint density at radius 2 is 1.59 bits per heavy atom. The van der Waals surface area contributed by atoms with Gasteiger partial charge in [0.05, 0.1) is 7.11 Å². The Morgan fingerprint density at radius 3 is 2.10 bits per heavy atom. The van der Waals surface area contributed by atoms with Gasteiger partial charge in [0.15, 0.2) is 0 Å². The second-order valence-corrected chi connectivity index (χ2v) is 7.54. The van der Waals surface area contributed by atoms with Crippen molar-refractivity contribution in [3.63, 3.8) is 0 Å². The molecule has 0 aliphatic carbocycles. The number of carbonyl (C=O) groups excluding carboxylic acids is 1. The summed E-state index contributed by atoms with van der Waals surface area (Å²) in [4.78, 5) is 23.1. The molecule has 0 saturated carbocycles. The van der Waals surface area contributed by atoms with Crippen molar-refractivity contribution in [3.05, 3.63) is 23.3 Å². The van der Waals surface area contributed by atoms with Crippen LogP contribution < -0.4 is 4.74 Å². The molecule has 0 aromatic heterocycles. The van der Waals surface area contributed by atoms with E-state index in [2.05, 4.69) is 6.92 Å². The lowest BCUT2D eigenvalue weighted by molar-refractivity contribution is -0.146. The van der Waals surface area contributed by atoms with Crippen LogP contribution in [0.4, 0.5) is 0 Å². The highest BCUT2D eigenvalue weighted by Gasteiger charge is 2.22. The Kier molecular flexibility index (Phi) is 11.8.